The number of aromatic hydroxyl groups is 2. The van der Waals surface area contributed by atoms with Crippen molar-refractivity contribution in [3.05, 3.63) is 59.7 Å². The average Bonchev–Trinajstić information content (AvgIpc) is 2.47. The Morgan fingerprint density at radius 1 is 0.957 bits per heavy atom. The Kier molecular flexibility index (Phi) is 7.13. The molecule has 0 aromatic heterocycles. The molecule has 2 aromatic rings. The number of aliphatic carboxylic acids is 1. The zero-order chi connectivity index (χ0) is 17.4. The first kappa shape index (κ1) is 18.6. The molecule has 0 amide bonds. The Bertz CT molecular complexity index is 600. The molecule has 0 saturated carbocycles. The van der Waals surface area contributed by atoms with E-state index in [1.165, 1.54) is 23.8 Å². The molecule has 2 rings (SSSR count). The van der Waals surface area contributed by atoms with Gasteiger partial charge in [0.25, 0.3) is 0 Å². The number of carbonyl (C=O) groups is 1. The van der Waals surface area contributed by atoms with E-state index in [4.69, 9.17) is 15.3 Å². The van der Waals surface area contributed by atoms with E-state index >= 15 is 0 Å². The number of carboxylic acid groups (broad SMARTS) is 1. The third kappa shape index (κ3) is 6.87. The quantitative estimate of drug-likeness (QED) is 0.791. The lowest BCUT2D eigenvalue weighted by Crippen LogP contribution is -2.07. The Hall–Kier alpha value is -2.49. The molecule has 3 N–H and O–H groups in total. The number of phenolic OH excluding ortho intramolecular Hbond substituents is 2. The molecule has 0 heterocycles. The van der Waals surface area contributed by atoms with E-state index in [0.29, 0.717) is 5.92 Å². The number of benzene rings is 2. The topological polar surface area (TPSA) is 77.8 Å². The molecular formula is C19H24O4. The van der Waals surface area contributed by atoms with Gasteiger partial charge in [-0.15, -0.1) is 0 Å². The van der Waals surface area contributed by atoms with E-state index in [2.05, 4.69) is 13.8 Å². The van der Waals surface area contributed by atoms with Gasteiger partial charge in [-0.1, -0.05) is 44.2 Å². The molecule has 0 spiro atoms. The molecule has 0 aliphatic rings. The molecule has 0 bridgehead atoms. The van der Waals surface area contributed by atoms with Crippen LogP contribution in [0.3, 0.4) is 0 Å². The van der Waals surface area contributed by atoms with Gasteiger partial charge in [-0.3, -0.25) is 4.79 Å². The van der Waals surface area contributed by atoms with Crippen molar-refractivity contribution in [2.45, 2.75) is 33.1 Å². The molecular weight excluding hydrogens is 292 g/mol. The smallest absolute Gasteiger partial charge is 0.310 e. The van der Waals surface area contributed by atoms with Crippen molar-refractivity contribution in [3.63, 3.8) is 0 Å². The van der Waals surface area contributed by atoms with E-state index < -0.39 is 11.9 Å². The summed E-state index contributed by atoms with van der Waals surface area (Å²) in [7, 11) is 0. The molecule has 2 aromatic carbocycles. The molecule has 0 saturated heterocycles. The van der Waals surface area contributed by atoms with Crippen LogP contribution >= 0.6 is 0 Å². The first-order valence-electron chi connectivity index (χ1n) is 7.59. The Morgan fingerprint density at radius 3 is 1.83 bits per heavy atom. The maximum atomic E-state index is 10.8. The van der Waals surface area contributed by atoms with E-state index in [9.17, 15) is 4.79 Å². The fourth-order valence-corrected chi connectivity index (χ4v) is 2.05. The molecule has 1 unspecified atom stereocenters. The molecule has 0 aliphatic heterocycles. The van der Waals surface area contributed by atoms with Crippen LogP contribution in [-0.2, 0) is 11.2 Å². The minimum atomic E-state index is -0.772. The number of phenols is 2. The largest absolute Gasteiger partial charge is 0.508 e. The van der Waals surface area contributed by atoms with E-state index in [1.807, 2.05) is 24.3 Å². The van der Waals surface area contributed by atoms with Crippen molar-refractivity contribution < 1.29 is 20.1 Å². The van der Waals surface area contributed by atoms with Crippen LogP contribution in [0.15, 0.2) is 48.5 Å². The second-order valence-electron chi connectivity index (χ2n) is 5.92. The minimum absolute atomic E-state index is 0.0880. The highest BCUT2D eigenvalue weighted by molar-refractivity contribution is 5.75. The second-order valence-corrected chi connectivity index (χ2v) is 5.92. The molecule has 124 valence electrons. The zero-order valence-electron chi connectivity index (χ0n) is 13.7. The van der Waals surface area contributed by atoms with Crippen molar-refractivity contribution in [1.82, 2.24) is 0 Å². The van der Waals surface area contributed by atoms with E-state index in [1.54, 1.807) is 13.0 Å². The molecule has 4 nitrogen and oxygen atoms in total. The Balaban J connectivity index is 0.000000277. The van der Waals surface area contributed by atoms with Crippen molar-refractivity contribution in [2.75, 3.05) is 0 Å². The Morgan fingerprint density at radius 2 is 1.48 bits per heavy atom. The summed E-state index contributed by atoms with van der Waals surface area (Å²) in [5.74, 6) is -0.382. The predicted octanol–water partition coefficient (Wildman–Crippen LogP) is 4.17. The van der Waals surface area contributed by atoms with Gasteiger partial charge in [-0.05, 0) is 42.5 Å². The lowest BCUT2D eigenvalue weighted by molar-refractivity contribution is -0.138. The summed E-state index contributed by atoms with van der Waals surface area (Å²) < 4.78 is 0. The van der Waals surface area contributed by atoms with Gasteiger partial charge in [0.1, 0.15) is 11.5 Å². The summed E-state index contributed by atoms with van der Waals surface area (Å²) >= 11 is 0. The van der Waals surface area contributed by atoms with Gasteiger partial charge in [-0.25, -0.2) is 0 Å². The monoisotopic (exact) mass is 316 g/mol. The maximum Gasteiger partial charge on any atom is 0.310 e. The van der Waals surface area contributed by atoms with Gasteiger partial charge in [0, 0.05) is 6.07 Å². The third-order valence-corrected chi connectivity index (χ3v) is 3.32. The van der Waals surface area contributed by atoms with Crippen LogP contribution in [-0.4, -0.2) is 21.3 Å². The van der Waals surface area contributed by atoms with E-state index in [-0.39, 0.29) is 11.5 Å². The summed E-state index contributed by atoms with van der Waals surface area (Å²) in [6, 6.07) is 13.7. The maximum absolute atomic E-state index is 10.8. The fraction of sp³-hybridized carbons (Fsp3) is 0.316. The summed E-state index contributed by atoms with van der Waals surface area (Å²) in [4.78, 5) is 10.8. The molecule has 1 atom stereocenters. The summed E-state index contributed by atoms with van der Waals surface area (Å²) in [5.41, 5.74) is 2.14. The minimum Gasteiger partial charge on any atom is -0.508 e. The van der Waals surface area contributed by atoms with Gasteiger partial charge >= 0.3 is 5.97 Å². The second kappa shape index (κ2) is 8.83. The summed E-state index contributed by atoms with van der Waals surface area (Å²) in [5, 5.41) is 26.2. The van der Waals surface area contributed by atoms with Crippen molar-refractivity contribution in [2.24, 2.45) is 5.92 Å². The highest BCUT2D eigenvalue weighted by Gasteiger charge is 2.12. The molecule has 0 fully saturated rings. The number of hydrogen-bond donors (Lipinski definition) is 3. The Labute approximate surface area is 137 Å². The number of carboxylic acids is 1. The summed E-state index contributed by atoms with van der Waals surface area (Å²) in [6.07, 6.45) is 1.04. The van der Waals surface area contributed by atoms with Gasteiger partial charge < -0.3 is 15.3 Å². The lowest BCUT2D eigenvalue weighted by atomic mass is 9.97. The first-order valence-corrected chi connectivity index (χ1v) is 7.59. The SMILES string of the molecule is CC(C)Cc1ccc(C(C)C(=O)O)cc1.Oc1cccc(O)c1. The van der Waals surface area contributed by atoms with Crippen LogP contribution in [0.25, 0.3) is 0 Å². The van der Waals surface area contributed by atoms with E-state index in [0.717, 1.165) is 12.0 Å². The van der Waals surface area contributed by atoms with Gasteiger partial charge in [0.2, 0.25) is 0 Å². The van der Waals surface area contributed by atoms with Gasteiger partial charge in [0.05, 0.1) is 5.92 Å². The molecule has 0 aliphatic carbocycles. The van der Waals surface area contributed by atoms with Gasteiger partial charge in [0.15, 0.2) is 0 Å². The van der Waals surface area contributed by atoms with Crippen LogP contribution in [0.1, 0.15) is 37.8 Å². The highest BCUT2D eigenvalue weighted by Crippen LogP contribution is 2.17. The lowest BCUT2D eigenvalue weighted by Gasteiger charge is -2.09. The number of rotatable bonds is 4. The van der Waals surface area contributed by atoms with Crippen molar-refractivity contribution in [1.29, 1.82) is 0 Å². The van der Waals surface area contributed by atoms with Crippen molar-refractivity contribution in [3.8, 4) is 11.5 Å². The zero-order valence-corrected chi connectivity index (χ0v) is 13.7. The average molecular weight is 316 g/mol. The fourth-order valence-electron chi connectivity index (χ4n) is 2.05. The summed E-state index contributed by atoms with van der Waals surface area (Å²) in [6.45, 7) is 6.06. The van der Waals surface area contributed by atoms with Gasteiger partial charge in [-0.2, -0.15) is 0 Å². The van der Waals surface area contributed by atoms with Crippen LogP contribution in [0, 0.1) is 5.92 Å². The van der Waals surface area contributed by atoms with Crippen LogP contribution in [0.5, 0.6) is 11.5 Å². The predicted molar refractivity (Wildman–Crippen MR) is 90.8 cm³/mol. The molecule has 0 radical (unpaired) electrons. The van der Waals surface area contributed by atoms with Crippen LogP contribution in [0.2, 0.25) is 0 Å². The standard InChI is InChI=1S/C13H18O2.C6H6O2/c1-9(2)8-11-4-6-12(7-5-11)10(3)13(14)15;7-5-2-1-3-6(8)4-5/h4-7,9-10H,8H2,1-3H3,(H,14,15);1-4,7-8H. The van der Waals surface area contributed by atoms with Crippen LogP contribution in [0.4, 0.5) is 0 Å². The molecule has 23 heavy (non-hydrogen) atoms. The highest BCUT2D eigenvalue weighted by atomic mass is 16.4. The van der Waals surface area contributed by atoms with Crippen LogP contribution < -0.4 is 0 Å². The molecule has 4 heteroatoms. The number of hydrogen-bond acceptors (Lipinski definition) is 3. The van der Waals surface area contributed by atoms with Crippen molar-refractivity contribution >= 4 is 5.97 Å². The third-order valence-electron chi connectivity index (χ3n) is 3.32. The normalized spacial score (nSPS) is 11.5. The first-order chi connectivity index (χ1) is 10.8.